The molecule has 39 heavy (non-hydrogen) atoms. The summed E-state index contributed by atoms with van der Waals surface area (Å²) in [6.07, 6.45) is 31.4. The third-order valence-corrected chi connectivity index (χ3v) is 7.51. The van der Waals surface area contributed by atoms with Crippen LogP contribution in [-0.2, 0) is 6.54 Å². The topological polar surface area (TPSA) is 13.1 Å². The molecule has 0 spiro atoms. The quantitative estimate of drug-likeness (QED) is 0.0993. The number of rotatable bonds is 21. The highest BCUT2D eigenvalue weighted by atomic mass is 16.5. The molecule has 2 aromatic carbocycles. The van der Waals surface area contributed by atoms with E-state index in [1.165, 1.54) is 114 Å². The number of pyridine rings is 1. The van der Waals surface area contributed by atoms with Gasteiger partial charge in [0.05, 0.1) is 0 Å². The molecule has 0 saturated heterocycles. The van der Waals surface area contributed by atoms with Gasteiger partial charge in [-0.2, -0.15) is 0 Å². The normalized spacial score (nSPS) is 11.3. The fourth-order valence-electron chi connectivity index (χ4n) is 5.04. The number of unbranched alkanes of at least 4 members (excludes halogenated alkanes) is 15. The second-order valence-electron chi connectivity index (χ2n) is 11.0. The van der Waals surface area contributed by atoms with Gasteiger partial charge in [0, 0.05) is 18.6 Å². The van der Waals surface area contributed by atoms with Crippen LogP contribution in [0.1, 0.15) is 121 Å². The zero-order valence-corrected chi connectivity index (χ0v) is 24.5. The standard InChI is InChI=1S/C37H52NO/c1-2-3-4-5-6-7-8-9-10-11-12-13-14-15-16-20-31-38-32-29-35(30-33-38)24-23-34-25-27-37(28-26-34)39-36-21-18-17-19-22-36/h17-19,21-30,32-33H,2-16,20,31H2,1H3/q+1. The maximum Gasteiger partial charge on any atom is 0.169 e. The summed E-state index contributed by atoms with van der Waals surface area (Å²) in [4.78, 5) is 0. The van der Waals surface area contributed by atoms with Gasteiger partial charge in [-0.15, -0.1) is 0 Å². The maximum absolute atomic E-state index is 5.88. The molecule has 3 rings (SSSR count). The third kappa shape index (κ3) is 14.2. The number of ether oxygens (including phenoxy) is 1. The van der Waals surface area contributed by atoms with Crippen LogP contribution in [-0.4, -0.2) is 0 Å². The van der Waals surface area contributed by atoms with Crippen molar-refractivity contribution < 1.29 is 9.30 Å². The fourth-order valence-corrected chi connectivity index (χ4v) is 5.04. The van der Waals surface area contributed by atoms with E-state index in [0.29, 0.717) is 0 Å². The van der Waals surface area contributed by atoms with Crippen LogP contribution in [0, 0.1) is 0 Å². The molecule has 2 heteroatoms. The fraction of sp³-hybridized carbons (Fsp3) is 0.486. The van der Waals surface area contributed by atoms with Crippen LogP contribution in [0.2, 0.25) is 0 Å². The van der Waals surface area contributed by atoms with E-state index in [0.717, 1.165) is 18.0 Å². The molecule has 1 heterocycles. The number of para-hydroxylation sites is 1. The Bertz CT molecular complexity index is 1010. The number of benzene rings is 2. The summed E-state index contributed by atoms with van der Waals surface area (Å²) >= 11 is 0. The van der Waals surface area contributed by atoms with E-state index in [1.54, 1.807) is 0 Å². The summed E-state index contributed by atoms with van der Waals surface area (Å²) in [5.41, 5.74) is 2.39. The Labute approximate surface area is 239 Å². The number of aryl methyl sites for hydroxylation is 1. The minimum absolute atomic E-state index is 0.855. The lowest BCUT2D eigenvalue weighted by molar-refractivity contribution is -0.697. The summed E-state index contributed by atoms with van der Waals surface area (Å²) in [6.45, 7) is 3.41. The monoisotopic (exact) mass is 526 g/mol. The van der Waals surface area contributed by atoms with Gasteiger partial charge in [0.2, 0.25) is 0 Å². The van der Waals surface area contributed by atoms with E-state index in [2.05, 4.69) is 60.3 Å². The first-order chi connectivity index (χ1) is 19.3. The molecule has 2 nitrogen and oxygen atoms in total. The number of hydrogen-bond acceptors (Lipinski definition) is 1. The van der Waals surface area contributed by atoms with Gasteiger partial charge in [-0.25, -0.2) is 4.57 Å². The molecular formula is C37H52NO+. The van der Waals surface area contributed by atoms with Gasteiger partial charge in [-0.05, 0) is 41.8 Å². The number of nitrogens with zero attached hydrogens (tertiary/aromatic N) is 1. The van der Waals surface area contributed by atoms with Crippen LogP contribution in [0.4, 0.5) is 0 Å². The number of hydrogen-bond donors (Lipinski definition) is 0. The molecule has 0 atom stereocenters. The second-order valence-corrected chi connectivity index (χ2v) is 11.0. The van der Waals surface area contributed by atoms with Crippen LogP contribution in [0.25, 0.3) is 12.2 Å². The van der Waals surface area contributed by atoms with Crippen molar-refractivity contribution in [2.24, 2.45) is 0 Å². The summed E-state index contributed by atoms with van der Waals surface area (Å²) in [6, 6.07) is 22.5. The van der Waals surface area contributed by atoms with Crippen molar-refractivity contribution in [2.75, 3.05) is 0 Å². The SMILES string of the molecule is CCCCCCCCCCCCCCCCCC[n+]1ccc(C=Cc2ccc(Oc3ccccc3)cc2)cc1. The Morgan fingerprint density at radius 3 is 1.44 bits per heavy atom. The molecule has 0 amide bonds. The van der Waals surface area contributed by atoms with Crippen LogP contribution in [0.3, 0.4) is 0 Å². The number of aromatic nitrogens is 1. The van der Waals surface area contributed by atoms with Gasteiger partial charge in [-0.1, -0.05) is 139 Å². The first kappa shape index (κ1) is 30.7. The smallest absolute Gasteiger partial charge is 0.169 e. The van der Waals surface area contributed by atoms with Gasteiger partial charge in [0.25, 0.3) is 0 Å². The molecule has 0 saturated carbocycles. The predicted octanol–water partition coefficient (Wildman–Crippen LogP) is 11.2. The van der Waals surface area contributed by atoms with E-state index in [-0.39, 0.29) is 0 Å². The first-order valence-corrected chi connectivity index (χ1v) is 15.8. The van der Waals surface area contributed by atoms with Gasteiger partial charge >= 0.3 is 0 Å². The van der Waals surface area contributed by atoms with Crippen LogP contribution >= 0.6 is 0 Å². The molecular weight excluding hydrogens is 474 g/mol. The molecule has 210 valence electrons. The Kier molecular flexibility index (Phi) is 15.8. The molecule has 0 fully saturated rings. The Morgan fingerprint density at radius 1 is 0.487 bits per heavy atom. The van der Waals surface area contributed by atoms with E-state index >= 15 is 0 Å². The molecule has 0 aliphatic heterocycles. The Hall–Kier alpha value is -2.87. The summed E-state index contributed by atoms with van der Waals surface area (Å²) < 4.78 is 8.19. The lowest BCUT2D eigenvalue weighted by Gasteiger charge is -2.05. The minimum atomic E-state index is 0.855. The van der Waals surface area contributed by atoms with Crippen molar-refractivity contribution in [3.8, 4) is 11.5 Å². The predicted molar refractivity (Wildman–Crippen MR) is 168 cm³/mol. The maximum atomic E-state index is 5.88. The van der Waals surface area contributed by atoms with Crippen LogP contribution in [0.15, 0.2) is 79.1 Å². The zero-order chi connectivity index (χ0) is 27.2. The van der Waals surface area contributed by atoms with E-state index in [4.69, 9.17) is 4.74 Å². The molecule has 0 unspecified atom stereocenters. The average Bonchev–Trinajstić information content (AvgIpc) is 2.98. The van der Waals surface area contributed by atoms with Crippen molar-refractivity contribution in [3.05, 3.63) is 90.3 Å². The summed E-state index contributed by atoms with van der Waals surface area (Å²) in [7, 11) is 0. The lowest BCUT2D eigenvalue weighted by atomic mass is 10.0. The average molecular weight is 527 g/mol. The molecule has 1 aromatic heterocycles. The second kappa shape index (κ2) is 20.1. The van der Waals surface area contributed by atoms with Crippen LogP contribution in [0.5, 0.6) is 11.5 Å². The molecule has 0 radical (unpaired) electrons. The van der Waals surface area contributed by atoms with Crippen molar-refractivity contribution in [2.45, 2.75) is 116 Å². The molecule has 0 bridgehead atoms. The van der Waals surface area contributed by atoms with E-state index in [1.807, 2.05) is 42.5 Å². The van der Waals surface area contributed by atoms with Crippen molar-refractivity contribution >= 4 is 12.2 Å². The highest BCUT2D eigenvalue weighted by molar-refractivity contribution is 5.69. The van der Waals surface area contributed by atoms with Crippen LogP contribution < -0.4 is 9.30 Å². The summed E-state index contributed by atoms with van der Waals surface area (Å²) in [5.74, 6) is 1.71. The molecule has 0 N–H and O–H groups in total. The Morgan fingerprint density at radius 2 is 0.923 bits per heavy atom. The Balaban J connectivity index is 1.18. The first-order valence-electron chi connectivity index (χ1n) is 15.8. The van der Waals surface area contributed by atoms with Crippen molar-refractivity contribution in [1.29, 1.82) is 0 Å². The highest BCUT2D eigenvalue weighted by Crippen LogP contribution is 2.22. The van der Waals surface area contributed by atoms with Gasteiger partial charge in [-0.3, -0.25) is 0 Å². The molecule has 3 aromatic rings. The zero-order valence-electron chi connectivity index (χ0n) is 24.5. The highest BCUT2D eigenvalue weighted by Gasteiger charge is 2.01. The van der Waals surface area contributed by atoms with Gasteiger partial charge in [0.15, 0.2) is 12.4 Å². The largest absolute Gasteiger partial charge is 0.457 e. The van der Waals surface area contributed by atoms with Gasteiger partial charge < -0.3 is 4.74 Å². The van der Waals surface area contributed by atoms with E-state index in [9.17, 15) is 0 Å². The third-order valence-electron chi connectivity index (χ3n) is 7.51. The summed E-state index contributed by atoms with van der Waals surface area (Å²) in [5, 5.41) is 0. The molecule has 0 aliphatic rings. The van der Waals surface area contributed by atoms with Crippen molar-refractivity contribution in [1.82, 2.24) is 0 Å². The van der Waals surface area contributed by atoms with E-state index < -0.39 is 0 Å². The minimum Gasteiger partial charge on any atom is -0.457 e. The van der Waals surface area contributed by atoms with Crippen molar-refractivity contribution in [3.63, 3.8) is 0 Å². The van der Waals surface area contributed by atoms with Gasteiger partial charge in [0.1, 0.15) is 18.0 Å². The lowest BCUT2D eigenvalue weighted by Crippen LogP contribution is -2.32. The molecule has 0 aliphatic carbocycles.